The zero-order chi connectivity index (χ0) is 9.23. The van der Waals surface area contributed by atoms with Crippen molar-refractivity contribution in [2.45, 2.75) is 19.3 Å². The van der Waals surface area contributed by atoms with Crippen LogP contribution >= 0.6 is 0 Å². The zero-order valence-electron chi connectivity index (χ0n) is 7.51. The van der Waals surface area contributed by atoms with E-state index < -0.39 is 0 Å². The third-order valence-electron chi connectivity index (χ3n) is 1.46. The number of unbranched alkanes of at least 4 members (excludes halogenated alkanes) is 2. The molecule has 0 radical (unpaired) electrons. The highest BCUT2D eigenvalue weighted by molar-refractivity contribution is 5.76. The summed E-state index contributed by atoms with van der Waals surface area (Å²) in [5.41, 5.74) is 0. The van der Waals surface area contributed by atoms with Crippen LogP contribution in [-0.2, 0) is 9.53 Å². The molecule has 4 nitrogen and oxygen atoms in total. The number of likely N-dealkylation sites (N-methyl/N-ethyl adjacent to an activating group) is 1. The molecule has 1 amide bonds. The van der Waals surface area contributed by atoms with Gasteiger partial charge in [0.1, 0.15) is 6.61 Å². The van der Waals surface area contributed by atoms with Crippen molar-refractivity contribution in [1.29, 1.82) is 0 Å². The van der Waals surface area contributed by atoms with Gasteiger partial charge in [0.2, 0.25) is 5.91 Å². The fourth-order valence-electron chi connectivity index (χ4n) is 0.730. The maximum absolute atomic E-state index is 10.6. The maximum atomic E-state index is 10.6. The number of carbonyl (C=O) groups is 1. The van der Waals surface area contributed by atoms with E-state index in [0.29, 0.717) is 6.61 Å². The first kappa shape index (κ1) is 11.4. The third kappa shape index (κ3) is 7.50. The number of hydrogen-bond donors (Lipinski definition) is 2. The number of ether oxygens (including phenoxy) is 1. The Bertz CT molecular complexity index is 117. The number of hydrogen-bond acceptors (Lipinski definition) is 3. The van der Waals surface area contributed by atoms with Gasteiger partial charge in [-0.1, -0.05) is 0 Å². The van der Waals surface area contributed by atoms with E-state index in [2.05, 4.69) is 5.32 Å². The molecule has 72 valence electrons. The van der Waals surface area contributed by atoms with E-state index in [0.717, 1.165) is 19.3 Å². The van der Waals surface area contributed by atoms with Crippen LogP contribution in [0.15, 0.2) is 0 Å². The van der Waals surface area contributed by atoms with Gasteiger partial charge in [0.05, 0.1) is 0 Å². The van der Waals surface area contributed by atoms with Gasteiger partial charge in [-0.2, -0.15) is 0 Å². The molecule has 0 aliphatic heterocycles. The van der Waals surface area contributed by atoms with Gasteiger partial charge in [-0.3, -0.25) is 4.79 Å². The summed E-state index contributed by atoms with van der Waals surface area (Å²) in [6, 6.07) is 0. The van der Waals surface area contributed by atoms with Gasteiger partial charge >= 0.3 is 0 Å². The third-order valence-corrected chi connectivity index (χ3v) is 1.46. The van der Waals surface area contributed by atoms with Crippen LogP contribution in [-0.4, -0.2) is 37.9 Å². The molecule has 12 heavy (non-hydrogen) atoms. The molecule has 0 saturated heterocycles. The SMILES string of the molecule is CNC(=O)COCCCCCO. The number of nitrogens with one attached hydrogen (secondary N) is 1. The van der Waals surface area contributed by atoms with Crippen LogP contribution in [0.5, 0.6) is 0 Å². The van der Waals surface area contributed by atoms with Gasteiger partial charge in [0.25, 0.3) is 0 Å². The van der Waals surface area contributed by atoms with Crippen molar-refractivity contribution in [3.05, 3.63) is 0 Å². The molecule has 0 bridgehead atoms. The number of rotatable bonds is 7. The molecule has 0 aromatic rings. The van der Waals surface area contributed by atoms with Crippen molar-refractivity contribution in [1.82, 2.24) is 5.32 Å². The van der Waals surface area contributed by atoms with E-state index >= 15 is 0 Å². The molecule has 4 heteroatoms. The molecular formula is C8H17NO3. The summed E-state index contributed by atoms with van der Waals surface area (Å²) in [6.45, 7) is 0.957. The van der Waals surface area contributed by atoms with E-state index in [9.17, 15) is 4.79 Å². The highest BCUT2D eigenvalue weighted by Crippen LogP contribution is 1.93. The molecule has 0 aromatic carbocycles. The lowest BCUT2D eigenvalue weighted by atomic mass is 10.2. The van der Waals surface area contributed by atoms with Crippen LogP contribution in [0.3, 0.4) is 0 Å². The standard InChI is InChI=1S/C8H17NO3/c1-9-8(11)7-12-6-4-2-3-5-10/h10H,2-7H2,1H3,(H,9,11). The summed E-state index contributed by atoms with van der Waals surface area (Å²) in [5.74, 6) is -0.0999. The Kier molecular flexibility index (Phi) is 8.05. The van der Waals surface area contributed by atoms with Crippen molar-refractivity contribution in [3.8, 4) is 0 Å². The highest BCUT2D eigenvalue weighted by Gasteiger charge is 1.95. The normalized spacial score (nSPS) is 9.83. The minimum Gasteiger partial charge on any atom is -0.396 e. The first-order chi connectivity index (χ1) is 5.81. The number of amides is 1. The predicted octanol–water partition coefficient (Wildman–Crippen LogP) is -0.0884. The Morgan fingerprint density at radius 3 is 2.75 bits per heavy atom. The van der Waals surface area contributed by atoms with Gasteiger partial charge in [-0.05, 0) is 19.3 Å². The van der Waals surface area contributed by atoms with Crippen molar-refractivity contribution in [2.75, 3.05) is 26.9 Å². The summed E-state index contributed by atoms with van der Waals surface area (Å²) in [5, 5.41) is 10.9. The highest BCUT2D eigenvalue weighted by atomic mass is 16.5. The van der Waals surface area contributed by atoms with Gasteiger partial charge in [0.15, 0.2) is 0 Å². The van der Waals surface area contributed by atoms with Crippen molar-refractivity contribution < 1.29 is 14.6 Å². The lowest BCUT2D eigenvalue weighted by Gasteiger charge is -2.01. The fraction of sp³-hybridized carbons (Fsp3) is 0.875. The first-order valence-corrected chi connectivity index (χ1v) is 4.20. The second-order valence-corrected chi connectivity index (χ2v) is 2.51. The largest absolute Gasteiger partial charge is 0.396 e. The minimum absolute atomic E-state index is 0.0999. The van der Waals surface area contributed by atoms with Crippen LogP contribution < -0.4 is 5.32 Å². The fourth-order valence-corrected chi connectivity index (χ4v) is 0.730. The quantitative estimate of drug-likeness (QED) is 0.532. The van der Waals surface area contributed by atoms with Gasteiger partial charge in [-0.25, -0.2) is 0 Å². The van der Waals surface area contributed by atoms with Crippen LogP contribution in [0.1, 0.15) is 19.3 Å². The lowest BCUT2D eigenvalue weighted by molar-refractivity contribution is -0.125. The van der Waals surface area contributed by atoms with E-state index in [4.69, 9.17) is 9.84 Å². The topological polar surface area (TPSA) is 58.6 Å². The smallest absolute Gasteiger partial charge is 0.245 e. The number of aliphatic hydroxyl groups excluding tert-OH is 1. The van der Waals surface area contributed by atoms with E-state index in [-0.39, 0.29) is 19.1 Å². The van der Waals surface area contributed by atoms with E-state index in [1.54, 1.807) is 7.05 Å². The second kappa shape index (κ2) is 8.49. The average Bonchev–Trinajstić information content (AvgIpc) is 2.10. The predicted molar refractivity (Wildman–Crippen MR) is 45.8 cm³/mol. The van der Waals surface area contributed by atoms with Crippen LogP contribution in [0.4, 0.5) is 0 Å². The summed E-state index contributed by atoms with van der Waals surface area (Å²) >= 11 is 0. The number of carbonyl (C=O) groups excluding carboxylic acids is 1. The molecular weight excluding hydrogens is 158 g/mol. The molecule has 2 N–H and O–H groups in total. The molecule has 0 rings (SSSR count). The molecule has 0 spiro atoms. The van der Waals surface area contributed by atoms with E-state index in [1.807, 2.05) is 0 Å². The maximum Gasteiger partial charge on any atom is 0.245 e. The summed E-state index contributed by atoms with van der Waals surface area (Å²) in [6.07, 6.45) is 2.66. The summed E-state index contributed by atoms with van der Waals surface area (Å²) in [7, 11) is 1.58. The summed E-state index contributed by atoms with van der Waals surface area (Å²) < 4.78 is 5.04. The molecule has 0 unspecified atom stereocenters. The Labute approximate surface area is 72.9 Å². The van der Waals surface area contributed by atoms with E-state index in [1.165, 1.54) is 0 Å². The van der Waals surface area contributed by atoms with Crippen LogP contribution in [0, 0.1) is 0 Å². The Balaban J connectivity index is 2.95. The second-order valence-electron chi connectivity index (χ2n) is 2.51. The Morgan fingerprint density at radius 1 is 1.42 bits per heavy atom. The monoisotopic (exact) mass is 175 g/mol. The number of aliphatic hydroxyl groups is 1. The molecule has 0 heterocycles. The molecule has 0 fully saturated rings. The van der Waals surface area contributed by atoms with Gasteiger partial charge in [0, 0.05) is 20.3 Å². The van der Waals surface area contributed by atoms with Crippen LogP contribution in [0.25, 0.3) is 0 Å². The molecule has 0 atom stereocenters. The van der Waals surface area contributed by atoms with Gasteiger partial charge in [-0.15, -0.1) is 0 Å². The molecule has 0 aromatic heterocycles. The Morgan fingerprint density at radius 2 is 2.17 bits per heavy atom. The Hall–Kier alpha value is -0.610. The van der Waals surface area contributed by atoms with Gasteiger partial charge < -0.3 is 15.2 Å². The molecule has 0 aliphatic rings. The van der Waals surface area contributed by atoms with Crippen molar-refractivity contribution in [2.24, 2.45) is 0 Å². The molecule has 0 aliphatic carbocycles. The van der Waals surface area contributed by atoms with Crippen LogP contribution in [0.2, 0.25) is 0 Å². The first-order valence-electron chi connectivity index (χ1n) is 4.20. The minimum atomic E-state index is -0.0999. The zero-order valence-corrected chi connectivity index (χ0v) is 7.51. The van der Waals surface area contributed by atoms with Crippen molar-refractivity contribution >= 4 is 5.91 Å². The average molecular weight is 175 g/mol. The van der Waals surface area contributed by atoms with Crippen molar-refractivity contribution in [3.63, 3.8) is 0 Å². The summed E-state index contributed by atoms with van der Waals surface area (Å²) in [4.78, 5) is 10.6. The molecule has 0 saturated carbocycles. The lowest BCUT2D eigenvalue weighted by Crippen LogP contribution is -2.23.